The Balaban J connectivity index is 1.56. The molecule has 0 unspecified atom stereocenters. The number of carbonyl (C=O) groups is 2. The highest BCUT2D eigenvalue weighted by atomic mass is 35.5. The normalized spacial score (nSPS) is 11.6. The van der Waals surface area contributed by atoms with E-state index in [1.165, 1.54) is 11.0 Å². The number of halogens is 1. The number of amides is 1. The number of hydrogen-bond acceptors (Lipinski definition) is 6. The topological polar surface area (TPSA) is 99.0 Å². The lowest BCUT2D eigenvalue weighted by Crippen LogP contribution is -2.31. The van der Waals surface area contributed by atoms with E-state index in [0.717, 1.165) is 11.1 Å². The van der Waals surface area contributed by atoms with Crippen molar-refractivity contribution in [2.24, 2.45) is 0 Å². The molecule has 3 rings (SSSR count). The van der Waals surface area contributed by atoms with Gasteiger partial charge in [0.15, 0.2) is 12.6 Å². The van der Waals surface area contributed by atoms with Gasteiger partial charge >= 0.3 is 5.97 Å². The number of rotatable bonds is 8. The standard InChI is InChI=1S/C19H18ClN5O3/c20-16-9-5-4-8-15(16)11-21-18(26)12-28-19(27)17(25-13-22-23-24-25)10-14-6-2-1-3-7-14/h1-9,13,17H,10-12H2,(H,21,26)/t17-/m1/s1. The van der Waals surface area contributed by atoms with Gasteiger partial charge in [0.05, 0.1) is 0 Å². The molecule has 1 amide bonds. The first kappa shape index (κ1) is 19.5. The molecule has 0 fully saturated rings. The molecule has 0 aliphatic carbocycles. The van der Waals surface area contributed by atoms with Crippen LogP contribution < -0.4 is 5.32 Å². The lowest BCUT2D eigenvalue weighted by atomic mass is 10.1. The van der Waals surface area contributed by atoms with Crippen LogP contribution in [0.25, 0.3) is 0 Å². The van der Waals surface area contributed by atoms with E-state index in [1.807, 2.05) is 42.5 Å². The zero-order valence-electron chi connectivity index (χ0n) is 14.9. The predicted octanol–water partition coefficient (Wildman–Crippen LogP) is 1.97. The van der Waals surface area contributed by atoms with Crippen molar-refractivity contribution in [2.45, 2.75) is 19.0 Å². The fraction of sp³-hybridized carbons (Fsp3) is 0.211. The molecule has 1 atom stereocenters. The van der Waals surface area contributed by atoms with Gasteiger partial charge in [-0.15, -0.1) is 5.10 Å². The second kappa shape index (κ2) is 9.61. The van der Waals surface area contributed by atoms with Crippen LogP contribution >= 0.6 is 11.6 Å². The molecule has 0 spiro atoms. The predicted molar refractivity (Wildman–Crippen MR) is 101 cm³/mol. The molecular formula is C19H18ClN5O3. The molecule has 1 heterocycles. The summed E-state index contributed by atoms with van der Waals surface area (Å²) >= 11 is 6.05. The van der Waals surface area contributed by atoms with Gasteiger partial charge in [0, 0.05) is 18.0 Å². The molecular weight excluding hydrogens is 382 g/mol. The smallest absolute Gasteiger partial charge is 0.331 e. The Morgan fingerprint density at radius 3 is 2.57 bits per heavy atom. The van der Waals surface area contributed by atoms with Crippen molar-refractivity contribution in [3.63, 3.8) is 0 Å². The van der Waals surface area contributed by atoms with Crippen molar-refractivity contribution < 1.29 is 14.3 Å². The van der Waals surface area contributed by atoms with Crippen molar-refractivity contribution in [1.82, 2.24) is 25.5 Å². The molecule has 8 nitrogen and oxygen atoms in total. The summed E-state index contributed by atoms with van der Waals surface area (Å²) < 4.78 is 6.50. The van der Waals surface area contributed by atoms with E-state index < -0.39 is 24.5 Å². The first-order valence-corrected chi connectivity index (χ1v) is 8.94. The number of ether oxygens (including phenoxy) is 1. The van der Waals surface area contributed by atoms with Crippen LogP contribution in [-0.4, -0.2) is 38.7 Å². The number of hydrogen-bond donors (Lipinski definition) is 1. The lowest BCUT2D eigenvalue weighted by molar-refractivity contribution is -0.152. The second-order valence-corrected chi connectivity index (χ2v) is 6.38. The fourth-order valence-corrected chi connectivity index (χ4v) is 2.76. The number of benzene rings is 2. The van der Waals surface area contributed by atoms with E-state index in [4.69, 9.17) is 16.3 Å². The maximum atomic E-state index is 12.5. The monoisotopic (exact) mass is 399 g/mol. The van der Waals surface area contributed by atoms with E-state index in [0.29, 0.717) is 11.4 Å². The van der Waals surface area contributed by atoms with Crippen molar-refractivity contribution in [3.05, 3.63) is 77.1 Å². The summed E-state index contributed by atoms with van der Waals surface area (Å²) in [5, 5.41) is 14.1. The van der Waals surface area contributed by atoms with Crippen LogP contribution in [0, 0.1) is 0 Å². The molecule has 9 heteroatoms. The zero-order chi connectivity index (χ0) is 19.8. The van der Waals surface area contributed by atoms with Gasteiger partial charge in [-0.1, -0.05) is 60.1 Å². The number of carbonyl (C=O) groups excluding carboxylic acids is 2. The van der Waals surface area contributed by atoms with Crippen LogP contribution in [0.1, 0.15) is 17.2 Å². The highest BCUT2D eigenvalue weighted by Gasteiger charge is 2.24. The van der Waals surface area contributed by atoms with E-state index in [2.05, 4.69) is 20.8 Å². The minimum Gasteiger partial charge on any atom is -0.454 e. The maximum Gasteiger partial charge on any atom is 0.331 e. The number of nitrogens with zero attached hydrogens (tertiary/aromatic N) is 4. The molecule has 2 aromatic carbocycles. The van der Waals surface area contributed by atoms with Crippen LogP contribution in [-0.2, 0) is 27.3 Å². The molecule has 1 aromatic heterocycles. The molecule has 0 bridgehead atoms. The molecule has 0 radical (unpaired) electrons. The number of esters is 1. The quantitative estimate of drug-likeness (QED) is 0.581. The summed E-state index contributed by atoms with van der Waals surface area (Å²) in [5.74, 6) is -1.02. The number of aromatic nitrogens is 4. The Morgan fingerprint density at radius 2 is 1.86 bits per heavy atom. The van der Waals surface area contributed by atoms with Gasteiger partial charge in [0.2, 0.25) is 0 Å². The van der Waals surface area contributed by atoms with E-state index in [1.54, 1.807) is 12.1 Å². The Hall–Kier alpha value is -3.26. The van der Waals surface area contributed by atoms with Crippen LogP contribution in [0.15, 0.2) is 60.9 Å². The highest BCUT2D eigenvalue weighted by molar-refractivity contribution is 6.31. The number of tetrazole rings is 1. The van der Waals surface area contributed by atoms with Crippen LogP contribution in [0.5, 0.6) is 0 Å². The molecule has 0 aliphatic heterocycles. The summed E-state index contributed by atoms with van der Waals surface area (Å²) in [6.45, 7) is -0.160. The van der Waals surface area contributed by atoms with Gasteiger partial charge in [-0.2, -0.15) is 0 Å². The minimum atomic E-state index is -0.770. The lowest BCUT2D eigenvalue weighted by Gasteiger charge is -2.15. The Bertz CT molecular complexity index is 918. The van der Waals surface area contributed by atoms with E-state index >= 15 is 0 Å². The average molecular weight is 400 g/mol. The van der Waals surface area contributed by atoms with Crippen LogP contribution in [0.3, 0.4) is 0 Å². The third-order valence-corrected chi connectivity index (χ3v) is 4.38. The first-order chi connectivity index (χ1) is 13.6. The first-order valence-electron chi connectivity index (χ1n) is 8.56. The van der Waals surface area contributed by atoms with E-state index in [9.17, 15) is 9.59 Å². The molecule has 0 saturated carbocycles. The molecule has 1 N–H and O–H groups in total. The van der Waals surface area contributed by atoms with Gasteiger partial charge in [-0.05, 0) is 27.6 Å². The third kappa shape index (κ3) is 5.37. The number of nitrogens with one attached hydrogen (secondary N) is 1. The fourth-order valence-electron chi connectivity index (χ4n) is 2.55. The minimum absolute atomic E-state index is 0.247. The van der Waals surface area contributed by atoms with Gasteiger partial charge in [-0.25, -0.2) is 9.48 Å². The summed E-state index contributed by atoms with van der Waals surface area (Å²) in [4.78, 5) is 24.6. The van der Waals surface area contributed by atoms with Gasteiger partial charge in [0.25, 0.3) is 5.91 Å². The maximum absolute atomic E-state index is 12.5. The van der Waals surface area contributed by atoms with E-state index in [-0.39, 0.29) is 6.54 Å². The SMILES string of the molecule is O=C(COC(=O)[C@@H](Cc1ccccc1)n1cnnn1)NCc1ccccc1Cl. The van der Waals surface area contributed by atoms with Gasteiger partial charge in [-0.3, -0.25) is 4.79 Å². The Morgan fingerprint density at radius 1 is 1.11 bits per heavy atom. The summed E-state index contributed by atoms with van der Waals surface area (Å²) in [7, 11) is 0. The van der Waals surface area contributed by atoms with Gasteiger partial charge in [0.1, 0.15) is 6.33 Å². The molecule has 28 heavy (non-hydrogen) atoms. The zero-order valence-corrected chi connectivity index (χ0v) is 15.6. The third-order valence-electron chi connectivity index (χ3n) is 4.01. The Labute approximate surface area is 166 Å². The summed E-state index contributed by atoms with van der Waals surface area (Å²) in [5.41, 5.74) is 1.70. The van der Waals surface area contributed by atoms with Crippen molar-refractivity contribution >= 4 is 23.5 Å². The second-order valence-electron chi connectivity index (χ2n) is 5.97. The van der Waals surface area contributed by atoms with Crippen LogP contribution in [0.2, 0.25) is 5.02 Å². The van der Waals surface area contributed by atoms with Crippen molar-refractivity contribution in [3.8, 4) is 0 Å². The van der Waals surface area contributed by atoms with Crippen molar-refractivity contribution in [2.75, 3.05) is 6.61 Å². The average Bonchev–Trinajstić information content (AvgIpc) is 3.25. The molecule has 144 valence electrons. The highest BCUT2D eigenvalue weighted by Crippen LogP contribution is 2.15. The summed E-state index contributed by atoms with van der Waals surface area (Å²) in [6.07, 6.45) is 1.68. The molecule has 0 saturated heterocycles. The van der Waals surface area contributed by atoms with Crippen molar-refractivity contribution in [1.29, 1.82) is 0 Å². The largest absolute Gasteiger partial charge is 0.454 e. The molecule has 3 aromatic rings. The Kier molecular flexibility index (Phi) is 6.69. The van der Waals surface area contributed by atoms with Gasteiger partial charge < -0.3 is 10.1 Å². The summed E-state index contributed by atoms with van der Waals surface area (Å²) in [6, 6.07) is 15.8. The van der Waals surface area contributed by atoms with Crippen LogP contribution in [0.4, 0.5) is 0 Å². The molecule has 0 aliphatic rings.